The number of halogens is 3. The number of carbonyl (C=O) groups is 2. The number of hydrogen-bond acceptors (Lipinski definition) is 6. The maximum atomic E-state index is 14.7. The van der Waals surface area contributed by atoms with Gasteiger partial charge in [0, 0.05) is 50.8 Å². The molecule has 0 bridgehead atoms. The lowest BCUT2D eigenvalue weighted by atomic mass is 9.86. The van der Waals surface area contributed by atoms with Crippen molar-refractivity contribution in [1.82, 2.24) is 4.90 Å². The molecule has 1 fully saturated rings. The first-order chi connectivity index (χ1) is 20.8. The number of ether oxygens (including phenoxy) is 1. The SMILES string of the molecule is COC1CCN(c2cccc3c2CCN(C(=O)[C@H]2CC(c4cccc(Cl)c4F)=NO2)[C@@H]3C(=O)Cc2cccc(F)c2)CC1. The average molecular weight is 608 g/mol. The summed E-state index contributed by atoms with van der Waals surface area (Å²) in [5, 5.41) is 3.96. The van der Waals surface area contributed by atoms with Crippen LogP contribution in [-0.2, 0) is 32.0 Å². The number of benzene rings is 3. The molecule has 0 radical (unpaired) electrons. The lowest BCUT2D eigenvalue weighted by Crippen LogP contribution is -2.48. The zero-order valence-electron chi connectivity index (χ0n) is 23.8. The second-order valence-electron chi connectivity index (χ2n) is 11.2. The molecule has 3 aliphatic rings. The number of carbonyl (C=O) groups excluding carboxylic acids is 2. The number of amides is 1. The molecule has 0 N–H and O–H groups in total. The number of methoxy groups -OCH3 is 1. The van der Waals surface area contributed by atoms with Crippen LogP contribution in [0.1, 0.15) is 47.6 Å². The van der Waals surface area contributed by atoms with Gasteiger partial charge in [0.25, 0.3) is 5.91 Å². The van der Waals surface area contributed by atoms with Gasteiger partial charge in [-0.3, -0.25) is 9.59 Å². The molecule has 1 amide bonds. The van der Waals surface area contributed by atoms with E-state index in [1.807, 2.05) is 12.1 Å². The number of piperidine rings is 1. The van der Waals surface area contributed by atoms with Gasteiger partial charge in [0.2, 0.25) is 6.10 Å². The van der Waals surface area contributed by atoms with E-state index in [0.717, 1.165) is 42.7 Å². The molecule has 6 rings (SSSR count). The first-order valence-electron chi connectivity index (χ1n) is 14.5. The topological polar surface area (TPSA) is 71.4 Å². The minimum atomic E-state index is -1.02. The zero-order valence-corrected chi connectivity index (χ0v) is 24.5. The van der Waals surface area contributed by atoms with Gasteiger partial charge in [-0.25, -0.2) is 8.78 Å². The Kier molecular flexibility index (Phi) is 8.45. The van der Waals surface area contributed by atoms with E-state index in [2.05, 4.69) is 16.1 Å². The van der Waals surface area contributed by atoms with Gasteiger partial charge in [0.15, 0.2) is 11.6 Å². The van der Waals surface area contributed by atoms with Gasteiger partial charge in [-0.15, -0.1) is 0 Å². The van der Waals surface area contributed by atoms with Crippen molar-refractivity contribution in [1.29, 1.82) is 0 Å². The van der Waals surface area contributed by atoms with E-state index < -0.39 is 29.7 Å². The van der Waals surface area contributed by atoms with Crippen molar-refractivity contribution >= 4 is 34.7 Å². The molecule has 0 saturated carbocycles. The van der Waals surface area contributed by atoms with E-state index in [9.17, 15) is 18.4 Å². The summed E-state index contributed by atoms with van der Waals surface area (Å²) in [5.41, 5.74) is 3.83. The molecule has 1 saturated heterocycles. The van der Waals surface area contributed by atoms with Crippen LogP contribution in [0.5, 0.6) is 0 Å². The lowest BCUT2D eigenvalue weighted by Gasteiger charge is -2.40. The zero-order chi connectivity index (χ0) is 30.1. The number of fused-ring (bicyclic) bond motifs is 1. The fraction of sp³-hybridized carbons (Fsp3) is 0.364. The summed E-state index contributed by atoms with van der Waals surface area (Å²) in [7, 11) is 1.73. The molecule has 0 aliphatic carbocycles. The van der Waals surface area contributed by atoms with Gasteiger partial charge >= 0.3 is 0 Å². The van der Waals surface area contributed by atoms with E-state index in [-0.39, 0.29) is 47.6 Å². The first kappa shape index (κ1) is 29.3. The highest BCUT2D eigenvalue weighted by atomic mass is 35.5. The average Bonchev–Trinajstić information content (AvgIpc) is 3.51. The number of hydrogen-bond donors (Lipinski definition) is 0. The Morgan fingerprint density at radius 3 is 2.58 bits per heavy atom. The molecular weight excluding hydrogens is 576 g/mol. The number of rotatable bonds is 7. The molecular formula is C33H32ClF2N3O4. The second-order valence-corrected chi connectivity index (χ2v) is 11.6. The maximum absolute atomic E-state index is 14.7. The van der Waals surface area contributed by atoms with Crippen LogP contribution in [0.2, 0.25) is 5.02 Å². The smallest absolute Gasteiger partial charge is 0.267 e. The highest BCUT2D eigenvalue weighted by Crippen LogP contribution is 2.39. The van der Waals surface area contributed by atoms with Crippen LogP contribution in [-0.4, -0.2) is 61.3 Å². The quantitative estimate of drug-likeness (QED) is 0.346. The van der Waals surface area contributed by atoms with Crippen LogP contribution in [0.3, 0.4) is 0 Å². The molecule has 43 heavy (non-hydrogen) atoms. The van der Waals surface area contributed by atoms with Gasteiger partial charge in [-0.1, -0.05) is 47.1 Å². The second kappa shape index (κ2) is 12.4. The van der Waals surface area contributed by atoms with Gasteiger partial charge in [-0.05, 0) is 66.3 Å². The number of nitrogens with zero attached hydrogens (tertiary/aromatic N) is 3. The molecule has 2 atom stereocenters. The van der Waals surface area contributed by atoms with Gasteiger partial charge < -0.3 is 19.4 Å². The molecule has 0 spiro atoms. The minimum Gasteiger partial charge on any atom is -0.382 e. The predicted octanol–water partition coefficient (Wildman–Crippen LogP) is 5.66. The number of ketones is 1. The first-order valence-corrected chi connectivity index (χ1v) is 14.9. The fourth-order valence-electron chi connectivity index (χ4n) is 6.39. The van der Waals surface area contributed by atoms with Crippen LogP contribution >= 0.6 is 11.6 Å². The minimum absolute atomic E-state index is 0.0404. The third-order valence-electron chi connectivity index (χ3n) is 8.57. The van der Waals surface area contributed by atoms with Gasteiger partial charge in [0.05, 0.1) is 16.8 Å². The third-order valence-corrected chi connectivity index (χ3v) is 8.87. The van der Waals surface area contributed by atoms with Crippen molar-refractivity contribution in [2.24, 2.45) is 5.16 Å². The van der Waals surface area contributed by atoms with Crippen molar-refractivity contribution in [3.8, 4) is 0 Å². The summed E-state index contributed by atoms with van der Waals surface area (Å²) in [6.07, 6.45) is 1.56. The summed E-state index contributed by atoms with van der Waals surface area (Å²) < 4.78 is 34.2. The Hall–Kier alpha value is -3.82. The molecule has 0 aromatic heterocycles. The summed E-state index contributed by atoms with van der Waals surface area (Å²) in [6, 6.07) is 15.5. The van der Waals surface area contributed by atoms with Crippen LogP contribution in [0, 0.1) is 11.6 Å². The van der Waals surface area contributed by atoms with Crippen LogP contribution in [0.15, 0.2) is 65.8 Å². The van der Waals surface area contributed by atoms with E-state index in [4.69, 9.17) is 21.2 Å². The highest BCUT2D eigenvalue weighted by molar-refractivity contribution is 6.31. The number of oxime groups is 1. The van der Waals surface area contributed by atoms with Gasteiger partial charge in [-0.2, -0.15) is 0 Å². The summed E-state index contributed by atoms with van der Waals surface area (Å²) in [6.45, 7) is 1.95. The van der Waals surface area contributed by atoms with Crippen molar-refractivity contribution in [3.63, 3.8) is 0 Å². The number of Topliss-reactive ketones (excluding diaryl/α,β-unsaturated/α-hetero) is 1. The van der Waals surface area contributed by atoms with E-state index >= 15 is 0 Å². The van der Waals surface area contributed by atoms with Crippen molar-refractivity contribution < 1.29 is 27.9 Å². The molecule has 0 unspecified atom stereocenters. The fourth-order valence-corrected chi connectivity index (χ4v) is 6.56. The monoisotopic (exact) mass is 607 g/mol. The summed E-state index contributed by atoms with van der Waals surface area (Å²) >= 11 is 5.96. The molecule has 7 nitrogen and oxygen atoms in total. The van der Waals surface area contributed by atoms with Gasteiger partial charge in [0.1, 0.15) is 11.9 Å². The Morgan fingerprint density at radius 1 is 1.05 bits per heavy atom. The van der Waals surface area contributed by atoms with Crippen LogP contribution in [0.25, 0.3) is 0 Å². The normalized spacial score (nSPS) is 20.4. The predicted molar refractivity (Wildman–Crippen MR) is 159 cm³/mol. The molecule has 3 aromatic rings. The standard InChI is InChI=1S/C33H32ClF2N3O4/c1-42-22-11-14-38(15-12-22)28-10-4-7-24-23(28)13-16-39(32(24)29(40)18-20-5-2-6-21(35)17-20)33(41)30-19-27(37-43-30)25-8-3-9-26(34)31(25)36/h2-10,17,22,30,32H,11-16,18-19H2,1H3/t30-,32+/m1/s1. The van der Waals surface area contributed by atoms with E-state index in [1.165, 1.54) is 24.3 Å². The molecule has 224 valence electrons. The van der Waals surface area contributed by atoms with Crippen LogP contribution < -0.4 is 4.90 Å². The maximum Gasteiger partial charge on any atom is 0.267 e. The Balaban J connectivity index is 1.30. The van der Waals surface area contributed by atoms with Crippen LogP contribution in [0.4, 0.5) is 14.5 Å². The van der Waals surface area contributed by atoms with E-state index in [0.29, 0.717) is 12.0 Å². The van der Waals surface area contributed by atoms with Crippen molar-refractivity contribution in [2.75, 3.05) is 31.6 Å². The largest absolute Gasteiger partial charge is 0.382 e. The third kappa shape index (κ3) is 5.88. The lowest BCUT2D eigenvalue weighted by molar-refractivity contribution is -0.149. The molecule has 3 heterocycles. The molecule has 3 aliphatic heterocycles. The highest BCUT2D eigenvalue weighted by Gasteiger charge is 2.42. The molecule has 10 heteroatoms. The van der Waals surface area contributed by atoms with Crippen molar-refractivity contribution in [2.45, 2.75) is 50.4 Å². The molecule has 3 aromatic carbocycles. The van der Waals surface area contributed by atoms with Crippen molar-refractivity contribution in [3.05, 3.63) is 99.6 Å². The Bertz CT molecular complexity index is 1570. The van der Waals surface area contributed by atoms with E-state index in [1.54, 1.807) is 30.2 Å². The Labute approximate surface area is 254 Å². The summed E-state index contributed by atoms with van der Waals surface area (Å²) in [4.78, 5) is 37.4. The number of anilines is 1. The Morgan fingerprint density at radius 2 is 1.81 bits per heavy atom. The summed E-state index contributed by atoms with van der Waals surface area (Å²) in [5.74, 6) is -1.69.